The van der Waals surface area contributed by atoms with Crippen LogP contribution in [-0.4, -0.2) is 19.7 Å². The highest BCUT2D eigenvalue weighted by Gasteiger charge is 2.10. The van der Waals surface area contributed by atoms with Crippen molar-refractivity contribution in [2.45, 2.75) is 4.90 Å². The predicted molar refractivity (Wildman–Crippen MR) is 80.5 cm³/mol. The molecule has 5 heteroatoms. The van der Waals surface area contributed by atoms with Crippen molar-refractivity contribution >= 4 is 9.84 Å². The number of rotatable bonds is 3. The van der Waals surface area contributed by atoms with Gasteiger partial charge in [0.2, 0.25) is 5.89 Å². The topological polar surface area (TPSA) is 60.2 Å². The maximum atomic E-state index is 11.4. The van der Waals surface area contributed by atoms with E-state index in [1.165, 1.54) is 6.26 Å². The summed E-state index contributed by atoms with van der Waals surface area (Å²) in [6, 6.07) is 16.2. The Kier molecular flexibility index (Phi) is 3.35. The Labute approximate surface area is 123 Å². The minimum atomic E-state index is -3.18. The summed E-state index contributed by atoms with van der Waals surface area (Å²) in [5, 5.41) is 0. The van der Waals surface area contributed by atoms with Gasteiger partial charge >= 0.3 is 0 Å². The number of benzene rings is 2. The van der Waals surface area contributed by atoms with E-state index in [1.807, 2.05) is 30.3 Å². The summed E-state index contributed by atoms with van der Waals surface area (Å²) in [6.07, 6.45) is 2.75. The Balaban J connectivity index is 1.94. The van der Waals surface area contributed by atoms with Crippen LogP contribution >= 0.6 is 0 Å². The zero-order valence-electron chi connectivity index (χ0n) is 11.4. The van der Waals surface area contributed by atoms with E-state index in [0.29, 0.717) is 11.6 Å². The molecule has 0 aliphatic carbocycles. The normalized spacial score (nSPS) is 11.5. The lowest BCUT2D eigenvalue weighted by atomic mass is 10.2. The van der Waals surface area contributed by atoms with Crippen molar-refractivity contribution in [3.63, 3.8) is 0 Å². The molecule has 0 atom stereocenters. The van der Waals surface area contributed by atoms with Crippen molar-refractivity contribution in [3.05, 3.63) is 60.9 Å². The molecule has 1 aromatic heterocycles. The highest BCUT2D eigenvalue weighted by molar-refractivity contribution is 7.90. The number of nitrogens with zero attached hydrogens (tertiary/aromatic N) is 1. The first-order chi connectivity index (χ1) is 10.0. The van der Waals surface area contributed by atoms with Gasteiger partial charge in [0, 0.05) is 17.4 Å². The van der Waals surface area contributed by atoms with Gasteiger partial charge in [-0.05, 0) is 24.3 Å². The molecule has 0 bridgehead atoms. The van der Waals surface area contributed by atoms with Crippen molar-refractivity contribution in [1.29, 1.82) is 0 Å². The Morgan fingerprint density at radius 1 is 0.905 bits per heavy atom. The molecule has 21 heavy (non-hydrogen) atoms. The first kappa shape index (κ1) is 13.6. The highest BCUT2D eigenvalue weighted by Crippen LogP contribution is 2.25. The summed E-state index contributed by atoms with van der Waals surface area (Å²) < 4.78 is 28.3. The maximum absolute atomic E-state index is 11.4. The third-order valence-electron chi connectivity index (χ3n) is 3.10. The monoisotopic (exact) mass is 299 g/mol. The standard InChI is InChI=1S/C16H13NO3S/c1-21(18,19)14-9-7-12(8-10-14)15-11-20-16(17-15)13-5-3-2-4-6-13/h2-11H,1H3. The minimum Gasteiger partial charge on any atom is -0.444 e. The van der Waals surface area contributed by atoms with Gasteiger partial charge in [0.15, 0.2) is 9.84 Å². The summed E-state index contributed by atoms with van der Waals surface area (Å²) in [5.74, 6) is 0.540. The molecule has 0 amide bonds. The van der Waals surface area contributed by atoms with E-state index in [9.17, 15) is 8.42 Å². The first-order valence-corrected chi connectivity index (χ1v) is 8.24. The van der Waals surface area contributed by atoms with E-state index in [0.717, 1.165) is 11.1 Å². The molecule has 3 rings (SSSR count). The SMILES string of the molecule is CS(=O)(=O)c1ccc(-c2coc(-c3ccccc3)n2)cc1. The number of hydrogen-bond acceptors (Lipinski definition) is 4. The number of oxazole rings is 1. The first-order valence-electron chi connectivity index (χ1n) is 6.35. The Morgan fingerprint density at radius 2 is 1.57 bits per heavy atom. The zero-order chi connectivity index (χ0) is 14.9. The van der Waals surface area contributed by atoms with Crippen molar-refractivity contribution in [1.82, 2.24) is 4.98 Å². The lowest BCUT2D eigenvalue weighted by Crippen LogP contribution is -1.96. The van der Waals surface area contributed by atoms with Crippen LogP contribution in [0, 0.1) is 0 Å². The fraction of sp³-hybridized carbons (Fsp3) is 0.0625. The van der Waals surface area contributed by atoms with Crippen LogP contribution in [0.15, 0.2) is 70.2 Å². The maximum Gasteiger partial charge on any atom is 0.226 e. The summed E-state index contributed by atoms with van der Waals surface area (Å²) in [7, 11) is -3.18. The van der Waals surface area contributed by atoms with Gasteiger partial charge in [-0.25, -0.2) is 13.4 Å². The Morgan fingerprint density at radius 3 is 2.19 bits per heavy atom. The molecule has 0 saturated heterocycles. The molecule has 1 heterocycles. The molecule has 0 aliphatic rings. The lowest BCUT2D eigenvalue weighted by molar-refractivity contribution is 0.575. The molecule has 0 radical (unpaired) electrons. The van der Waals surface area contributed by atoms with Crippen LogP contribution in [0.25, 0.3) is 22.7 Å². The van der Waals surface area contributed by atoms with Gasteiger partial charge in [-0.15, -0.1) is 0 Å². The van der Waals surface area contributed by atoms with E-state index in [1.54, 1.807) is 30.5 Å². The largest absolute Gasteiger partial charge is 0.444 e. The van der Waals surface area contributed by atoms with E-state index in [-0.39, 0.29) is 4.90 Å². The number of hydrogen-bond donors (Lipinski definition) is 0. The van der Waals surface area contributed by atoms with Crippen LogP contribution in [0.2, 0.25) is 0 Å². The van der Waals surface area contributed by atoms with E-state index in [4.69, 9.17) is 4.42 Å². The number of aromatic nitrogens is 1. The van der Waals surface area contributed by atoms with Crippen molar-refractivity contribution < 1.29 is 12.8 Å². The molecule has 0 saturated carbocycles. The molecule has 4 nitrogen and oxygen atoms in total. The highest BCUT2D eigenvalue weighted by atomic mass is 32.2. The summed E-state index contributed by atoms with van der Waals surface area (Å²) in [6.45, 7) is 0. The van der Waals surface area contributed by atoms with Gasteiger partial charge in [-0.1, -0.05) is 30.3 Å². The molecule has 2 aromatic carbocycles. The second-order valence-electron chi connectivity index (χ2n) is 4.70. The molecule has 0 fully saturated rings. The summed E-state index contributed by atoms with van der Waals surface area (Å²) in [5.41, 5.74) is 2.39. The molecule has 0 unspecified atom stereocenters. The molecule has 106 valence electrons. The quantitative estimate of drug-likeness (QED) is 0.743. The van der Waals surface area contributed by atoms with Crippen molar-refractivity contribution in [2.24, 2.45) is 0 Å². The zero-order valence-corrected chi connectivity index (χ0v) is 12.2. The van der Waals surface area contributed by atoms with Gasteiger partial charge in [0.1, 0.15) is 12.0 Å². The number of sulfone groups is 1. The molecule has 3 aromatic rings. The van der Waals surface area contributed by atoms with Crippen LogP contribution in [0.4, 0.5) is 0 Å². The van der Waals surface area contributed by atoms with Crippen LogP contribution < -0.4 is 0 Å². The molecular weight excluding hydrogens is 286 g/mol. The van der Waals surface area contributed by atoms with Crippen LogP contribution in [0.1, 0.15) is 0 Å². The fourth-order valence-corrected chi connectivity index (χ4v) is 2.62. The average molecular weight is 299 g/mol. The van der Waals surface area contributed by atoms with Gasteiger partial charge in [0.05, 0.1) is 4.90 Å². The van der Waals surface area contributed by atoms with Crippen molar-refractivity contribution in [2.75, 3.05) is 6.26 Å². The average Bonchev–Trinajstić information content (AvgIpc) is 2.97. The van der Waals surface area contributed by atoms with E-state index >= 15 is 0 Å². The van der Waals surface area contributed by atoms with Crippen LogP contribution in [0.5, 0.6) is 0 Å². The third kappa shape index (κ3) is 2.87. The molecule has 0 N–H and O–H groups in total. The Hall–Kier alpha value is -2.40. The second kappa shape index (κ2) is 5.18. The molecule has 0 aliphatic heterocycles. The third-order valence-corrected chi connectivity index (χ3v) is 4.23. The minimum absolute atomic E-state index is 0.290. The smallest absolute Gasteiger partial charge is 0.226 e. The van der Waals surface area contributed by atoms with E-state index in [2.05, 4.69) is 4.98 Å². The lowest BCUT2D eigenvalue weighted by Gasteiger charge is -1.99. The van der Waals surface area contributed by atoms with Gasteiger partial charge in [-0.3, -0.25) is 0 Å². The van der Waals surface area contributed by atoms with E-state index < -0.39 is 9.84 Å². The predicted octanol–water partition coefficient (Wildman–Crippen LogP) is 3.41. The fourth-order valence-electron chi connectivity index (χ4n) is 1.99. The van der Waals surface area contributed by atoms with Gasteiger partial charge in [0.25, 0.3) is 0 Å². The van der Waals surface area contributed by atoms with Crippen molar-refractivity contribution in [3.8, 4) is 22.7 Å². The molecule has 0 spiro atoms. The molecular formula is C16H13NO3S. The van der Waals surface area contributed by atoms with Gasteiger partial charge in [-0.2, -0.15) is 0 Å². The van der Waals surface area contributed by atoms with Crippen LogP contribution in [-0.2, 0) is 9.84 Å². The Bertz CT molecular complexity index is 850. The van der Waals surface area contributed by atoms with Crippen LogP contribution in [0.3, 0.4) is 0 Å². The summed E-state index contributed by atoms with van der Waals surface area (Å²) in [4.78, 5) is 4.72. The summed E-state index contributed by atoms with van der Waals surface area (Å²) >= 11 is 0. The van der Waals surface area contributed by atoms with Gasteiger partial charge < -0.3 is 4.42 Å². The second-order valence-corrected chi connectivity index (χ2v) is 6.72.